The average molecular weight is 281 g/mol. The van der Waals surface area contributed by atoms with Crippen LogP contribution in [0, 0.1) is 0 Å². The minimum absolute atomic E-state index is 0.188. The van der Waals surface area contributed by atoms with Gasteiger partial charge in [-0.1, -0.05) is 25.1 Å². The minimum Gasteiger partial charge on any atom is -0.382 e. The van der Waals surface area contributed by atoms with Crippen LogP contribution in [-0.4, -0.2) is 10.1 Å². The van der Waals surface area contributed by atoms with E-state index >= 15 is 0 Å². The largest absolute Gasteiger partial charge is 0.416 e. The monoisotopic (exact) mass is 281 g/mol. The molecule has 0 saturated heterocycles. The van der Waals surface area contributed by atoms with Gasteiger partial charge < -0.3 is 5.11 Å². The van der Waals surface area contributed by atoms with Crippen molar-refractivity contribution in [2.75, 3.05) is 0 Å². The average Bonchev–Trinajstić information content (AvgIpc) is 2.45. The van der Waals surface area contributed by atoms with E-state index in [4.69, 9.17) is 0 Å². The molecule has 0 bridgehead atoms. The first-order valence-corrected chi connectivity index (χ1v) is 6.22. The van der Waals surface area contributed by atoms with Crippen LogP contribution < -0.4 is 0 Å². The van der Waals surface area contributed by atoms with E-state index < -0.39 is 17.8 Å². The maximum absolute atomic E-state index is 12.7. The molecule has 0 aliphatic carbocycles. The summed E-state index contributed by atoms with van der Waals surface area (Å²) in [6.45, 7) is 1.90. The first-order valence-electron chi connectivity index (χ1n) is 6.22. The Morgan fingerprint density at radius 1 is 1.20 bits per heavy atom. The Labute approximate surface area is 114 Å². The molecule has 1 atom stereocenters. The van der Waals surface area contributed by atoms with Crippen molar-refractivity contribution < 1.29 is 18.3 Å². The number of rotatable bonds is 3. The zero-order chi connectivity index (χ0) is 14.8. The van der Waals surface area contributed by atoms with E-state index in [9.17, 15) is 18.3 Å². The van der Waals surface area contributed by atoms with Crippen LogP contribution in [0.2, 0.25) is 0 Å². The third-order valence-electron chi connectivity index (χ3n) is 3.10. The van der Waals surface area contributed by atoms with Crippen molar-refractivity contribution in [3.8, 4) is 0 Å². The summed E-state index contributed by atoms with van der Waals surface area (Å²) in [4.78, 5) is 4.09. The molecule has 1 aromatic carbocycles. The van der Waals surface area contributed by atoms with Gasteiger partial charge in [0, 0.05) is 6.20 Å². The molecule has 5 heteroatoms. The van der Waals surface area contributed by atoms with Crippen LogP contribution in [0.3, 0.4) is 0 Å². The lowest BCUT2D eigenvalue weighted by Gasteiger charge is -2.15. The van der Waals surface area contributed by atoms with Crippen molar-refractivity contribution in [3.05, 3.63) is 65.0 Å². The molecule has 2 aromatic rings. The summed E-state index contributed by atoms with van der Waals surface area (Å²) in [5.74, 6) is 0. The van der Waals surface area contributed by atoms with Crippen LogP contribution >= 0.6 is 0 Å². The van der Waals surface area contributed by atoms with Gasteiger partial charge >= 0.3 is 6.18 Å². The molecular formula is C15H14F3NO. The van der Waals surface area contributed by atoms with Gasteiger partial charge in [0.15, 0.2) is 0 Å². The van der Waals surface area contributed by atoms with Crippen molar-refractivity contribution >= 4 is 0 Å². The summed E-state index contributed by atoms with van der Waals surface area (Å²) >= 11 is 0. The lowest BCUT2D eigenvalue weighted by molar-refractivity contribution is -0.137. The number of aliphatic hydroxyl groups excluding tert-OH is 1. The van der Waals surface area contributed by atoms with Crippen LogP contribution in [0.4, 0.5) is 13.2 Å². The van der Waals surface area contributed by atoms with E-state index in [2.05, 4.69) is 4.98 Å². The molecule has 1 unspecified atom stereocenters. The highest BCUT2D eigenvalue weighted by molar-refractivity contribution is 5.34. The van der Waals surface area contributed by atoms with Gasteiger partial charge in [-0.25, -0.2) is 0 Å². The van der Waals surface area contributed by atoms with Gasteiger partial charge in [-0.05, 0) is 35.7 Å². The van der Waals surface area contributed by atoms with Gasteiger partial charge in [-0.3, -0.25) is 4.98 Å². The molecule has 20 heavy (non-hydrogen) atoms. The summed E-state index contributed by atoms with van der Waals surface area (Å²) in [5.41, 5.74) is 0.628. The molecule has 1 heterocycles. The number of alkyl halides is 3. The fourth-order valence-corrected chi connectivity index (χ4v) is 2.04. The van der Waals surface area contributed by atoms with Crippen LogP contribution in [-0.2, 0) is 12.6 Å². The summed E-state index contributed by atoms with van der Waals surface area (Å²) in [7, 11) is 0. The van der Waals surface area contributed by atoms with E-state index in [0.29, 0.717) is 12.1 Å². The lowest BCUT2D eigenvalue weighted by atomic mass is 9.99. The fourth-order valence-electron chi connectivity index (χ4n) is 2.04. The number of aliphatic hydroxyl groups is 1. The summed E-state index contributed by atoms with van der Waals surface area (Å²) < 4.78 is 38.0. The standard InChI is InChI=1S/C15H14F3NO/c1-2-10-6-4-8-19-13(10)14(20)11-5-3-7-12(9-11)15(16,17)18/h3-9,14,20H,2H2,1H3. The van der Waals surface area contributed by atoms with Crippen LogP contribution in [0.25, 0.3) is 0 Å². The zero-order valence-electron chi connectivity index (χ0n) is 10.9. The van der Waals surface area contributed by atoms with Gasteiger partial charge in [0.1, 0.15) is 6.10 Å². The number of aromatic nitrogens is 1. The molecule has 2 nitrogen and oxygen atoms in total. The van der Waals surface area contributed by atoms with Crippen LogP contribution in [0.1, 0.15) is 35.4 Å². The number of aryl methyl sites for hydroxylation is 1. The lowest BCUT2D eigenvalue weighted by Crippen LogP contribution is -2.09. The molecule has 0 radical (unpaired) electrons. The minimum atomic E-state index is -4.42. The molecule has 0 spiro atoms. The number of benzene rings is 1. The molecule has 0 aliphatic heterocycles. The normalized spacial score (nSPS) is 13.2. The van der Waals surface area contributed by atoms with E-state index in [1.165, 1.54) is 18.3 Å². The van der Waals surface area contributed by atoms with Crippen molar-refractivity contribution in [1.82, 2.24) is 4.98 Å². The maximum atomic E-state index is 12.7. The molecule has 1 N–H and O–H groups in total. The van der Waals surface area contributed by atoms with E-state index in [1.54, 1.807) is 12.1 Å². The zero-order valence-corrected chi connectivity index (χ0v) is 10.9. The Balaban J connectivity index is 2.41. The Hall–Kier alpha value is -1.88. The van der Waals surface area contributed by atoms with Crippen molar-refractivity contribution in [1.29, 1.82) is 0 Å². The molecular weight excluding hydrogens is 267 g/mol. The SMILES string of the molecule is CCc1cccnc1C(O)c1cccc(C(F)(F)F)c1. The maximum Gasteiger partial charge on any atom is 0.416 e. The molecule has 0 aliphatic rings. The van der Waals surface area contributed by atoms with Gasteiger partial charge in [-0.15, -0.1) is 0 Å². The van der Waals surface area contributed by atoms with E-state index in [0.717, 1.165) is 17.7 Å². The highest BCUT2D eigenvalue weighted by Crippen LogP contribution is 2.32. The third kappa shape index (κ3) is 2.99. The molecule has 0 amide bonds. The highest BCUT2D eigenvalue weighted by Gasteiger charge is 2.31. The first kappa shape index (κ1) is 14.5. The first-order chi connectivity index (χ1) is 9.43. The Morgan fingerprint density at radius 2 is 1.95 bits per heavy atom. The van der Waals surface area contributed by atoms with Gasteiger partial charge in [0.05, 0.1) is 11.3 Å². The quantitative estimate of drug-likeness (QED) is 0.929. The predicted molar refractivity (Wildman–Crippen MR) is 69.1 cm³/mol. The Morgan fingerprint density at radius 3 is 2.60 bits per heavy atom. The van der Waals surface area contributed by atoms with E-state index in [1.807, 2.05) is 6.92 Å². The number of halogens is 3. The fraction of sp³-hybridized carbons (Fsp3) is 0.267. The van der Waals surface area contributed by atoms with E-state index in [-0.39, 0.29) is 5.56 Å². The Kier molecular flexibility index (Phi) is 4.09. The number of hydrogen-bond donors (Lipinski definition) is 1. The van der Waals surface area contributed by atoms with Gasteiger partial charge in [0.25, 0.3) is 0 Å². The second-order valence-corrected chi connectivity index (χ2v) is 4.43. The van der Waals surface area contributed by atoms with Gasteiger partial charge in [-0.2, -0.15) is 13.2 Å². The predicted octanol–water partition coefficient (Wildman–Crippen LogP) is 3.74. The van der Waals surface area contributed by atoms with Crippen molar-refractivity contribution in [3.63, 3.8) is 0 Å². The summed E-state index contributed by atoms with van der Waals surface area (Å²) in [6, 6.07) is 8.23. The number of pyridine rings is 1. The molecule has 106 valence electrons. The second kappa shape index (κ2) is 5.63. The summed E-state index contributed by atoms with van der Waals surface area (Å²) in [6.07, 6.45) is -3.41. The molecule has 0 fully saturated rings. The number of nitrogens with zero attached hydrogens (tertiary/aromatic N) is 1. The van der Waals surface area contributed by atoms with Crippen molar-refractivity contribution in [2.24, 2.45) is 0 Å². The summed E-state index contributed by atoms with van der Waals surface area (Å²) in [5, 5.41) is 10.3. The third-order valence-corrected chi connectivity index (χ3v) is 3.10. The smallest absolute Gasteiger partial charge is 0.382 e. The number of hydrogen-bond acceptors (Lipinski definition) is 2. The van der Waals surface area contributed by atoms with Crippen molar-refractivity contribution in [2.45, 2.75) is 25.6 Å². The van der Waals surface area contributed by atoms with Crippen LogP contribution in [0.15, 0.2) is 42.6 Å². The highest BCUT2D eigenvalue weighted by atomic mass is 19.4. The topological polar surface area (TPSA) is 33.1 Å². The Bertz CT molecular complexity index is 596. The molecule has 0 saturated carbocycles. The van der Waals surface area contributed by atoms with Crippen LogP contribution in [0.5, 0.6) is 0 Å². The van der Waals surface area contributed by atoms with Gasteiger partial charge in [0.2, 0.25) is 0 Å². The molecule has 2 rings (SSSR count). The second-order valence-electron chi connectivity index (χ2n) is 4.43. The molecule has 1 aromatic heterocycles.